The van der Waals surface area contributed by atoms with Crippen LogP contribution in [0.25, 0.3) is 6.08 Å². The maximum atomic E-state index is 13.1. The molecule has 1 aromatic carbocycles. The average molecular weight is 220 g/mol. The summed E-state index contributed by atoms with van der Waals surface area (Å²) in [4.78, 5) is 9.10. The third-order valence-electron chi connectivity index (χ3n) is 1.44. The monoisotopic (exact) mass is 219 g/mol. The second-order valence-electron chi connectivity index (χ2n) is 2.36. The van der Waals surface area contributed by atoms with E-state index in [1.54, 1.807) is 0 Å². The van der Waals surface area contributed by atoms with Crippen molar-refractivity contribution in [3.63, 3.8) is 0 Å². The minimum absolute atomic E-state index is 0.283. The zero-order valence-electron chi connectivity index (χ0n) is 6.71. The van der Waals surface area contributed by atoms with Gasteiger partial charge in [-0.3, -0.25) is 10.1 Å². The first-order valence-corrected chi connectivity index (χ1v) is 3.85. The van der Waals surface area contributed by atoms with E-state index >= 15 is 0 Å². The Balaban J connectivity index is 3.19. The number of halogens is 3. The van der Waals surface area contributed by atoms with Gasteiger partial charge in [-0.25, -0.2) is 8.78 Å². The van der Waals surface area contributed by atoms with Gasteiger partial charge in [0.25, 0.3) is 0 Å². The summed E-state index contributed by atoms with van der Waals surface area (Å²) in [5.41, 5.74) is -0.519. The standard InChI is InChI=1S/C8H4ClF2NO2/c9-6-1-2-7(10)5(8(6)11)3-4-12(13)14/h1-4H. The van der Waals surface area contributed by atoms with E-state index in [1.165, 1.54) is 0 Å². The minimum Gasteiger partial charge on any atom is -0.259 e. The van der Waals surface area contributed by atoms with E-state index in [-0.39, 0.29) is 5.02 Å². The van der Waals surface area contributed by atoms with E-state index in [1.807, 2.05) is 0 Å². The quantitative estimate of drug-likeness (QED) is 0.436. The smallest absolute Gasteiger partial charge is 0.235 e. The molecule has 0 atom stereocenters. The highest BCUT2D eigenvalue weighted by Crippen LogP contribution is 2.21. The molecule has 0 aromatic heterocycles. The van der Waals surface area contributed by atoms with Gasteiger partial charge in [0.15, 0.2) is 5.82 Å². The molecular weight excluding hydrogens is 216 g/mol. The molecule has 0 aliphatic heterocycles. The number of hydrogen-bond donors (Lipinski definition) is 0. The lowest BCUT2D eigenvalue weighted by molar-refractivity contribution is -0.401. The van der Waals surface area contributed by atoms with Gasteiger partial charge in [-0.15, -0.1) is 0 Å². The molecule has 0 aliphatic rings. The van der Waals surface area contributed by atoms with E-state index in [0.29, 0.717) is 6.20 Å². The molecule has 0 saturated carbocycles. The van der Waals surface area contributed by atoms with Crippen molar-refractivity contribution in [2.45, 2.75) is 0 Å². The van der Waals surface area contributed by atoms with Crippen molar-refractivity contribution < 1.29 is 13.7 Å². The second kappa shape index (κ2) is 4.15. The summed E-state index contributed by atoms with van der Waals surface area (Å²) in [6.07, 6.45) is 1.16. The molecule has 0 saturated heterocycles. The second-order valence-corrected chi connectivity index (χ2v) is 2.77. The van der Waals surface area contributed by atoms with Gasteiger partial charge in [0.2, 0.25) is 6.20 Å². The van der Waals surface area contributed by atoms with Gasteiger partial charge in [-0.2, -0.15) is 0 Å². The lowest BCUT2D eigenvalue weighted by Crippen LogP contribution is -1.91. The van der Waals surface area contributed by atoms with Crippen molar-refractivity contribution in [3.8, 4) is 0 Å². The summed E-state index contributed by atoms with van der Waals surface area (Å²) in [7, 11) is 0. The summed E-state index contributed by atoms with van der Waals surface area (Å²) in [5.74, 6) is -1.91. The fourth-order valence-electron chi connectivity index (χ4n) is 0.831. The predicted molar refractivity (Wildman–Crippen MR) is 47.4 cm³/mol. The Labute approximate surface area is 82.8 Å². The molecule has 3 nitrogen and oxygen atoms in total. The fourth-order valence-corrected chi connectivity index (χ4v) is 0.996. The first-order chi connectivity index (χ1) is 6.52. The van der Waals surface area contributed by atoms with Gasteiger partial charge in [0.05, 0.1) is 15.5 Å². The lowest BCUT2D eigenvalue weighted by atomic mass is 10.2. The van der Waals surface area contributed by atoms with E-state index < -0.39 is 22.1 Å². The molecule has 0 amide bonds. The molecule has 74 valence electrons. The van der Waals surface area contributed by atoms with Crippen molar-refractivity contribution >= 4 is 17.7 Å². The Morgan fingerprint density at radius 3 is 2.64 bits per heavy atom. The predicted octanol–water partition coefficient (Wildman–Crippen LogP) is 2.87. The highest BCUT2D eigenvalue weighted by atomic mass is 35.5. The van der Waals surface area contributed by atoms with Crippen molar-refractivity contribution in [2.24, 2.45) is 0 Å². The van der Waals surface area contributed by atoms with Gasteiger partial charge in [0.1, 0.15) is 5.82 Å². The van der Waals surface area contributed by atoms with E-state index in [9.17, 15) is 18.9 Å². The summed E-state index contributed by atoms with van der Waals surface area (Å²) in [5, 5.41) is 9.64. The first-order valence-electron chi connectivity index (χ1n) is 3.47. The average Bonchev–Trinajstić information content (AvgIpc) is 2.11. The van der Waals surface area contributed by atoms with E-state index in [0.717, 1.165) is 18.2 Å². The van der Waals surface area contributed by atoms with Crippen LogP contribution in [0.4, 0.5) is 8.78 Å². The van der Waals surface area contributed by atoms with Gasteiger partial charge in [-0.05, 0) is 12.1 Å². The Morgan fingerprint density at radius 1 is 1.43 bits per heavy atom. The summed E-state index contributed by atoms with van der Waals surface area (Å²) in [6.45, 7) is 0. The molecule has 0 fully saturated rings. The molecule has 1 rings (SSSR count). The van der Waals surface area contributed by atoms with Crippen LogP contribution in [-0.4, -0.2) is 4.92 Å². The third-order valence-corrected chi connectivity index (χ3v) is 1.73. The summed E-state index contributed by atoms with van der Waals surface area (Å²) < 4.78 is 26.0. The molecular formula is C8H4ClF2NO2. The van der Waals surface area contributed by atoms with E-state index in [2.05, 4.69) is 0 Å². The molecule has 0 radical (unpaired) electrons. The molecule has 0 N–H and O–H groups in total. The van der Waals surface area contributed by atoms with Gasteiger partial charge in [0, 0.05) is 6.08 Å². The molecule has 14 heavy (non-hydrogen) atoms. The Hall–Kier alpha value is -1.49. The summed E-state index contributed by atoms with van der Waals surface area (Å²) >= 11 is 5.36. The molecule has 0 aliphatic carbocycles. The van der Waals surface area contributed by atoms with Crippen LogP contribution in [-0.2, 0) is 0 Å². The highest BCUT2D eigenvalue weighted by Gasteiger charge is 2.10. The molecule has 1 aromatic rings. The number of nitrogens with zero attached hydrogens (tertiary/aromatic N) is 1. The minimum atomic E-state index is -1.01. The van der Waals surface area contributed by atoms with E-state index in [4.69, 9.17) is 11.6 Å². The van der Waals surface area contributed by atoms with Crippen LogP contribution in [0.3, 0.4) is 0 Å². The maximum Gasteiger partial charge on any atom is 0.235 e. The van der Waals surface area contributed by atoms with Crippen molar-refractivity contribution in [3.05, 3.63) is 50.7 Å². The largest absolute Gasteiger partial charge is 0.259 e. The molecule has 0 heterocycles. The van der Waals surface area contributed by atoms with Gasteiger partial charge >= 0.3 is 0 Å². The summed E-state index contributed by atoms with van der Waals surface area (Å²) in [6, 6.07) is 1.97. The highest BCUT2D eigenvalue weighted by molar-refractivity contribution is 6.30. The van der Waals surface area contributed by atoms with Crippen LogP contribution in [0.2, 0.25) is 5.02 Å². The maximum absolute atomic E-state index is 13.1. The lowest BCUT2D eigenvalue weighted by Gasteiger charge is -1.99. The Morgan fingerprint density at radius 2 is 2.07 bits per heavy atom. The van der Waals surface area contributed by atoms with Crippen molar-refractivity contribution in [2.75, 3.05) is 0 Å². The zero-order chi connectivity index (χ0) is 10.7. The zero-order valence-corrected chi connectivity index (χ0v) is 7.46. The third kappa shape index (κ3) is 2.26. The molecule has 0 spiro atoms. The van der Waals surface area contributed by atoms with Crippen LogP contribution in [0.15, 0.2) is 18.3 Å². The van der Waals surface area contributed by atoms with Crippen LogP contribution in [0, 0.1) is 21.7 Å². The molecule has 0 unspecified atom stereocenters. The number of nitro groups is 1. The molecule has 0 bridgehead atoms. The number of hydrogen-bond acceptors (Lipinski definition) is 2. The Kier molecular flexibility index (Phi) is 3.14. The number of rotatable bonds is 2. The SMILES string of the molecule is O=[N+]([O-])C=Cc1c(F)ccc(Cl)c1F. The first kappa shape index (κ1) is 10.6. The van der Waals surface area contributed by atoms with Crippen molar-refractivity contribution in [1.82, 2.24) is 0 Å². The molecule has 6 heteroatoms. The van der Waals surface area contributed by atoms with Crippen molar-refractivity contribution in [1.29, 1.82) is 0 Å². The topological polar surface area (TPSA) is 43.1 Å². The van der Waals surface area contributed by atoms with Gasteiger partial charge < -0.3 is 0 Å². The van der Waals surface area contributed by atoms with Crippen LogP contribution in [0.1, 0.15) is 5.56 Å². The fraction of sp³-hybridized carbons (Fsp3) is 0. The normalized spacial score (nSPS) is 10.8. The van der Waals surface area contributed by atoms with Crippen LogP contribution < -0.4 is 0 Å². The van der Waals surface area contributed by atoms with Crippen LogP contribution >= 0.6 is 11.6 Å². The Bertz CT molecular complexity index is 407. The van der Waals surface area contributed by atoms with Crippen LogP contribution in [0.5, 0.6) is 0 Å². The van der Waals surface area contributed by atoms with Gasteiger partial charge in [-0.1, -0.05) is 11.6 Å². The number of benzene rings is 1.